The molecule has 0 aliphatic rings. The molecule has 6 heavy (non-hydrogen) atoms. The van der Waals surface area contributed by atoms with E-state index in [9.17, 15) is 0 Å². The maximum Gasteiger partial charge on any atom is 0.0786 e. The highest BCUT2D eigenvalue weighted by Crippen LogP contribution is 2.00. The van der Waals surface area contributed by atoms with Gasteiger partial charge >= 0.3 is 0 Å². The van der Waals surface area contributed by atoms with Crippen molar-refractivity contribution < 1.29 is 0 Å². The van der Waals surface area contributed by atoms with Crippen molar-refractivity contribution in [2.24, 2.45) is 0 Å². The van der Waals surface area contributed by atoms with Gasteiger partial charge in [-0.05, 0) is 4.66 Å². The van der Waals surface area contributed by atoms with Crippen LogP contribution in [-0.4, -0.2) is 8.80 Å². The van der Waals surface area contributed by atoms with E-state index in [0.717, 1.165) is 4.66 Å². The molecule has 0 rings (SSSR count). The first-order chi connectivity index (χ1) is 2.64. The summed E-state index contributed by atoms with van der Waals surface area (Å²) < 4.78 is 0.870. The zero-order valence-electron chi connectivity index (χ0n) is 4.16. The van der Waals surface area contributed by atoms with Crippen molar-refractivity contribution in [3.63, 3.8) is 0 Å². The lowest BCUT2D eigenvalue weighted by atomic mass is 11.2. The molecule has 0 bridgehead atoms. The van der Waals surface area contributed by atoms with Gasteiger partial charge in [0.25, 0.3) is 0 Å². The predicted octanol–water partition coefficient (Wildman–Crippen LogP) is 1.76. The van der Waals surface area contributed by atoms with Gasteiger partial charge in [-0.1, -0.05) is 31.3 Å². The van der Waals surface area contributed by atoms with Crippen molar-refractivity contribution in [2.45, 2.75) is 13.1 Å². The zero-order valence-corrected chi connectivity index (χ0v) is 6.07. The molecule has 0 radical (unpaired) electrons. The molecule has 36 valence electrons. The average molecular weight is 121 g/mol. The van der Waals surface area contributed by atoms with Crippen LogP contribution >= 0.6 is 11.6 Å². The molecule has 0 heterocycles. The van der Waals surface area contributed by atoms with Crippen LogP contribution in [0.4, 0.5) is 0 Å². The lowest BCUT2D eigenvalue weighted by Crippen LogP contribution is -1.96. The van der Waals surface area contributed by atoms with Gasteiger partial charge in [0.2, 0.25) is 0 Å². The van der Waals surface area contributed by atoms with Crippen LogP contribution in [0.1, 0.15) is 0 Å². The summed E-state index contributed by atoms with van der Waals surface area (Å²) in [4.78, 5) is 0. The van der Waals surface area contributed by atoms with Crippen molar-refractivity contribution >= 4 is 20.4 Å². The van der Waals surface area contributed by atoms with E-state index in [1.165, 1.54) is 0 Å². The van der Waals surface area contributed by atoms with Crippen LogP contribution in [0, 0.1) is 0 Å². The van der Waals surface area contributed by atoms with Crippen LogP contribution in [0.25, 0.3) is 0 Å². The van der Waals surface area contributed by atoms with E-state index < -0.39 is 8.80 Å². The van der Waals surface area contributed by atoms with Gasteiger partial charge < -0.3 is 0 Å². The first-order valence-electron chi connectivity index (χ1n) is 1.99. The maximum absolute atomic E-state index is 5.48. The Bertz CT molecular complexity index is 58.6. The van der Waals surface area contributed by atoms with Crippen molar-refractivity contribution in [2.75, 3.05) is 0 Å². The zero-order chi connectivity index (χ0) is 5.15. The summed E-state index contributed by atoms with van der Waals surface area (Å²) in [5, 5.41) is 0. The third-order valence-corrected chi connectivity index (χ3v) is 3.19. The standard InChI is InChI=1S/C4H9ClSi/c1-4(5)6(2)3/h6H,1H2,2-3H3. The fourth-order valence-electron chi connectivity index (χ4n) is 0. The monoisotopic (exact) mass is 120 g/mol. The van der Waals surface area contributed by atoms with Crippen LogP contribution in [0.5, 0.6) is 0 Å². The lowest BCUT2D eigenvalue weighted by Gasteiger charge is -1.92. The highest BCUT2D eigenvalue weighted by molar-refractivity contribution is 6.75. The van der Waals surface area contributed by atoms with E-state index in [0.29, 0.717) is 0 Å². The second-order valence-electron chi connectivity index (χ2n) is 1.60. The second kappa shape index (κ2) is 2.43. The minimum Gasteiger partial charge on any atom is -0.0953 e. The summed E-state index contributed by atoms with van der Waals surface area (Å²) in [6.07, 6.45) is 0. The number of rotatable bonds is 1. The van der Waals surface area contributed by atoms with Crippen molar-refractivity contribution in [1.29, 1.82) is 0 Å². The SMILES string of the molecule is C=C(Cl)[SiH](C)C. The Morgan fingerprint density at radius 3 is 1.83 bits per heavy atom. The van der Waals surface area contributed by atoms with Gasteiger partial charge in [-0.15, -0.1) is 0 Å². The minimum absolute atomic E-state index is 0.673. The summed E-state index contributed by atoms with van der Waals surface area (Å²) in [5.41, 5.74) is 0. The fourth-order valence-corrected chi connectivity index (χ4v) is 0. The second-order valence-corrected chi connectivity index (χ2v) is 5.46. The fraction of sp³-hybridized carbons (Fsp3) is 0.500. The molecule has 0 amide bonds. The molecule has 0 aromatic carbocycles. The Labute approximate surface area is 45.4 Å². The van der Waals surface area contributed by atoms with Gasteiger partial charge in [-0.3, -0.25) is 0 Å². The molecular weight excluding hydrogens is 112 g/mol. The molecule has 0 N–H and O–H groups in total. The molecule has 0 atom stereocenters. The Morgan fingerprint density at radius 2 is 1.83 bits per heavy atom. The van der Waals surface area contributed by atoms with Gasteiger partial charge in [-0.2, -0.15) is 0 Å². The first kappa shape index (κ1) is 6.25. The van der Waals surface area contributed by atoms with Gasteiger partial charge in [0.15, 0.2) is 0 Å². The molecule has 0 aliphatic heterocycles. The van der Waals surface area contributed by atoms with E-state index in [1.54, 1.807) is 0 Å². The number of hydrogen-bond acceptors (Lipinski definition) is 0. The summed E-state index contributed by atoms with van der Waals surface area (Å²) >= 11 is 5.48. The van der Waals surface area contributed by atoms with Crippen molar-refractivity contribution in [1.82, 2.24) is 0 Å². The van der Waals surface area contributed by atoms with Gasteiger partial charge in [0.1, 0.15) is 0 Å². The summed E-state index contributed by atoms with van der Waals surface area (Å²) in [7, 11) is -0.673. The van der Waals surface area contributed by atoms with E-state index >= 15 is 0 Å². The van der Waals surface area contributed by atoms with E-state index in [4.69, 9.17) is 11.6 Å². The molecule has 0 saturated carbocycles. The Morgan fingerprint density at radius 1 is 1.67 bits per heavy atom. The Hall–Kier alpha value is 0.247. The maximum atomic E-state index is 5.48. The third kappa shape index (κ3) is 2.48. The molecule has 2 heteroatoms. The molecule has 0 nitrogen and oxygen atoms in total. The largest absolute Gasteiger partial charge is 0.0953 e. The summed E-state index contributed by atoms with van der Waals surface area (Å²) in [5.74, 6) is 0. The van der Waals surface area contributed by atoms with E-state index in [1.807, 2.05) is 0 Å². The van der Waals surface area contributed by atoms with Crippen LogP contribution in [-0.2, 0) is 0 Å². The number of hydrogen-bond donors (Lipinski definition) is 0. The molecule has 0 fully saturated rings. The summed E-state index contributed by atoms with van der Waals surface area (Å²) in [6.45, 7) is 7.88. The molecule has 0 unspecified atom stereocenters. The Balaban J connectivity index is 3.26. The average Bonchev–Trinajstić information content (AvgIpc) is 1.36. The van der Waals surface area contributed by atoms with Crippen LogP contribution in [0.3, 0.4) is 0 Å². The highest BCUT2D eigenvalue weighted by Gasteiger charge is 1.93. The Kier molecular flexibility index (Phi) is 2.52. The molecule has 0 spiro atoms. The van der Waals surface area contributed by atoms with Gasteiger partial charge in [0.05, 0.1) is 8.80 Å². The molecule has 0 saturated heterocycles. The van der Waals surface area contributed by atoms with E-state index in [2.05, 4.69) is 19.7 Å². The quantitative estimate of drug-likeness (QED) is 0.463. The van der Waals surface area contributed by atoms with Crippen molar-refractivity contribution in [3.05, 3.63) is 11.2 Å². The van der Waals surface area contributed by atoms with Crippen LogP contribution in [0.2, 0.25) is 13.1 Å². The normalized spacial score (nSPS) is 9.33. The summed E-state index contributed by atoms with van der Waals surface area (Å²) in [6, 6.07) is 0. The lowest BCUT2D eigenvalue weighted by molar-refractivity contribution is 1.97. The van der Waals surface area contributed by atoms with Crippen LogP contribution in [0.15, 0.2) is 11.2 Å². The smallest absolute Gasteiger partial charge is 0.0786 e. The first-order valence-corrected chi connectivity index (χ1v) is 5.25. The molecule has 0 aromatic rings. The topological polar surface area (TPSA) is 0 Å². The predicted molar refractivity (Wildman–Crippen MR) is 33.9 cm³/mol. The number of halogens is 1. The van der Waals surface area contributed by atoms with Gasteiger partial charge in [-0.25, -0.2) is 0 Å². The van der Waals surface area contributed by atoms with Gasteiger partial charge in [0, 0.05) is 0 Å². The molecular formula is C4H9ClSi. The van der Waals surface area contributed by atoms with Crippen molar-refractivity contribution in [3.8, 4) is 0 Å². The van der Waals surface area contributed by atoms with Crippen LogP contribution < -0.4 is 0 Å². The van der Waals surface area contributed by atoms with E-state index in [-0.39, 0.29) is 0 Å². The molecule has 0 aliphatic carbocycles. The minimum atomic E-state index is -0.673. The highest BCUT2D eigenvalue weighted by atomic mass is 35.5. The third-order valence-electron chi connectivity index (χ3n) is 0.626. The molecule has 0 aromatic heterocycles.